The Morgan fingerprint density at radius 1 is 1.50 bits per heavy atom. The molecule has 1 aromatic rings. The van der Waals surface area contributed by atoms with Crippen molar-refractivity contribution in [3.8, 4) is 0 Å². The van der Waals surface area contributed by atoms with E-state index in [9.17, 15) is 4.79 Å². The third-order valence-electron chi connectivity index (χ3n) is 2.53. The molecule has 1 aromatic carbocycles. The summed E-state index contributed by atoms with van der Waals surface area (Å²) in [4.78, 5) is 16.8. The fourth-order valence-electron chi connectivity index (χ4n) is 1.74. The maximum absolute atomic E-state index is 11.6. The number of ether oxygens (including phenoxy) is 1. The lowest BCUT2D eigenvalue weighted by Crippen LogP contribution is -2.09. The van der Waals surface area contributed by atoms with Crippen molar-refractivity contribution in [3.63, 3.8) is 0 Å². The van der Waals surface area contributed by atoms with Crippen molar-refractivity contribution in [3.05, 3.63) is 35.4 Å². The van der Waals surface area contributed by atoms with Gasteiger partial charge >= 0.3 is 5.97 Å². The van der Waals surface area contributed by atoms with Crippen LogP contribution < -0.4 is 0 Å². The second-order valence-corrected chi connectivity index (χ2v) is 3.70. The molecule has 1 aliphatic heterocycles. The van der Waals surface area contributed by atoms with Crippen LogP contribution >= 0.6 is 0 Å². The van der Waals surface area contributed by atoms with Crippen LogP contribution in [0.25, 0.3) is 0 Å². The predicted octanol–water partition coefficient (Wildman–Crippen LogP) is 2.31. The molecule has 4 nitrogen and oxygen atoms in total. The van der Waals surface area contributed by atoms with E-state index in [1.54, 1.807) is 12.1 Å². The quantitative estimate of drug-likeness (QED) is 0.717. The van der Waals surface area contributed by atoms with Gasteiger partial charge in [0.15, 0.2) is 6.10 Å². The summed E-state index contributed by atoms with van der Waals surface area (Å²) in [6, 6.07) is 7.28. The van der Waals surface area contributed by atoms with E-state index in [1.807, 2.05) is 19.1 Å². The highest BCUT2D eigenvalue weighted by Crippen LogP contribution is 2.29. The highest BCUT2D eigenvalue weighted by Gasteiger charge is 2.25. The average Bonchev–Trinajstić information content (AvgIpc) is 2.75. The summed E-state index contributed by atoms with van der Waals surface area (Å²) in [6.07, 6.45) is 0.545. The van der Waals surface area contributed by atoms with Crippen molar-refractivity contribution < 1.29 is 14.4 Å². The molecule has 0 bridgehead atoms. The zero-order valence-corrected chi connectivity index (χ0v) is 9.27. The Bertz CT molecular complexity index is 440. The summed E-state index contributed by atoms with van der Waals surface area (Å²) >= 11 is 0. The van der Waals surface area contributed by atoms with E-state index in [1.165, 1.54) is 7.11 Å². The van der Waals surface area contributed by atoms with E-state index < -0.39 is 0 Å². The number of oxime groups is 1. The second-order valence-electron chi connectivity index (χ2n) is 3.70. The van der Waals surface area contributed by atoms with Gasteiger partial charge in [0.25, 0.3) is 0 Å². The highest BCUT2D eigenvalue weighted by molar-refractivity contribution is 5.91. The molecule has 0 radical (unpaired) electrons. The molecule has 0 amide bonds. The Hall–Kier alpha value is -1.84. The molecule has 0 saturated carbocycles. The van der Waals surface area contributed by atoms with Crippen LogP contribution in [-0.2, 0) is 9.57 Å². The lowest BCUT2D eigenvalue weighted by Gasteiger charge is -2.12. The lowest BCUT2D eigenvalue weighted by atomic mass is 9.99. The molecule has 16 heavy (non-hydrogen) atoms. The van der Waals surface area contributed by atoms with Crippen molar-refractivity contribution in [2.45, 2.75) is 19.4 Å². The van der Waals surface area contributed by atoms with Crippen molar-refractivity contribution >= 4 is 11.7 Å². The fourth-order valence-corrected chi connectivity index (χ4v) is 1.74. The first-order valence-electron chi connectivity index (χ1n) is 5.09. The molecule has 0 N–H and O–H groups in total. The first kappa shape index (κ1) is 10.7. The van der Waals surface area contributed by atoms with Gasteiger partial charge in [0.2, 0.25) is 0 Å². The van der Waals surface area contributed by atoms with Gasteiger partial charge in [-0.3, -0.25) is 0 Å². The zero-order chi connectivity index (χ0) is 11.5. The van der Waals surface area contributed by atoms with Gasteiger partial charge in [-0.25, -0.2) is 4.79 Å². The van der Waals surface area contributed by atoms with Crippen molar-refractivity contribution in [1.82, 2.24) is 0 Å². The molecule has 0 aromatic heterocycles. The third-order valence-corrected chi connectivity index (χ3v) is 2.53. The van der Waals surface area contributed by atoms with Crippen LogP contribution in [0.1, 0.15) is 35.4 Å². The van der Waals surface area contributed by atoms with E-state index in [0.29, 0.717) is 12.0 Å². The molecule has 2 rings (SSSR count). The third kappa shape index (κ3) is 1.91. The zero-order valence-electron chi connectivity index (χ0n) is 9.27. The minimum absolute atomic E-state index is 0.171. The molecule has 1 unspecified atom stereocenters. The fraction of sp³-hybridized carbons (Fsp3) is 0.333. The molecule has 0 aliphatic carbocycles. The predicted molar refractivity (Wildman–Crippen MR) is 59.3 cm³/mol. The summed E-state index contributed by atoms with van der Waals surface area (Å²) in [6.45, 7) is 1.90. The van der Waals surface area contributed by atoms with E-state index >= 15 is 0 Å². The topological polar surface area (TPSA) is 47.9 Å². The summed E-state index contributed by atoms with van der Waals surface area (Å²) in [5.74, 6) is -0.344. The van der Waals surface area contributed by atoms with Crippen LogP contribution in [0, 0.1) is 0 Å². The molecular weight excluding hydrogens is 206 g/mol. The molecule has 1 atom stereocenters. The number of benzene rings is 1. The number of nitrogens with zero attached hydrogens (tertiary/aromatic N) is 1. The Morgan fingerprint density at radius 3 is 2.88 bits per heavy atom. The van der Waals surface area contributed by atoms with Gasteiger partial charge in [0.1, 0.15) is 0 Å². The normalized spacial score (nSPS) is 18.9. The largest absolute Gasteiger partial charge is 0.465 e. The number of hydrogen-bond acceptors (Lipinski definition) is 4. The number of carbonyl (C=O) groups excluding carboxylic acids is 1. The van der Waals surface area contributed by atoms with Crippen LogP contribution in [0.4, 0.5) is 0 Å². The molecule has 0 saturated heterocycles. The number of rotatable bonds is 2. The minimum atomic E-state index is -0.344. The minimum Gasteiger partial charge on any atom is -0.465 e. The van der Waals surface area contributed by atoms with Crippen molar-refractivity contribution in [2.75, 3.05) is 7.11 Å². The van der Waals surface area contributed by atoms with E-state index in [4.69, 9.17) is 9.57 Å². The van der Waals surface area contributed by atoms with E-state index in [0.717, 1.165) is 11.3 Å². The number of esters is 1. The van der Waals surface area contributed by atoms with Gasteiger partial charge < -0.3 is 9.57 Å². The maximum Gasteiger partial charge on any atom is 0.338 e. The molecule has 4 heteroatoms. The Balaban J connectivity index is 2.30. The van der Waals surface area contributed by atoms with E-state index in [-0.39, 0.29) is 12.1 Å². The van der Waals surface area contributed by atoms with E-state index in [2.05, 4.69) is 5.16 Å². The summed E-state index contributed by atoms with van der Waals surface area (Å²) < 4.78 is 4.73. The Morgan fingerprint density at radius 2 is 2.25 bits per heavy atom. The Labute approximate surface area is 93.9 Å². The first-order valence-corrected chi connectivity index (χ1v) is 5.09. The second kappa shape index (κ2) is 4.35. The Kier molecular flexibility index (Phi) is 2.90. The monoisotopic (exact) mass is 219 g/mol. The molecule has 1 aliphatic rings. The number of hydrogen-bond donors (Lipinski definition) is 0. The van der Waals surface area contributed by atoms with Gasteiger partial charge in [-0.15, -0.1) is 0 Å². The molecular formula is C12H13NO3. The summed E-state index contributed by atoms with van der Waals surface area (Å²) in [5, 5.41) is 3.88. The maximum atomic E-state index is 11.6. The summed E-state index contributed by atoms with van der Waals surface area (Å²) in [7, 11) is 1.37. The van der Waals surface area contributed by atoms with Gasteiger partial charge in [0, 0.05) is 12.0 Å². The molecule has 84 valence electrons. The number of methoxy groups -OCH3 is 1. The van der Waals surface area contributed by atoms with Gasteiger partial charge in [-0.2, -0.15) is 0 Å². The van der Waals surface area contributed by atoms with Crippen LogP contribution in [0.3, 0.4) is 0 Å². The molecule has 0 spiro atoms. The first-order chi connectivity index (χ1) is 7.72. The highest BCUT2D eigenvalue weighted by atomic mass is 16.6. The SMILES string of the molecule is COC(=O)c1ccccc1C1CC(C)=NO1. The average molecular weight is 219 g/mol. The molecule has 1 heterocycles. The van der Waals surface area contributed by atoms with Crippen molar-refractivity contribution in [1.29, 1.82) is 0 Å². The summed E-state index contributed by atoms with van der Waals surface area (Å²) in [5.41, 5.74) is 2.31. The van der Waals surface area contributed by atoms with Gasteiger partial charge in [-0.1, -0.05) is 23.4 Å². The van der Waals surface area contributed by atoms with Crippen LogP contribution in [0.15, 0.2) is 29.4 Å². The lowest BCUT2D eigenvalue weighted by molar-refractivity contribution is 0.0577. The van der Waals surface area contributed by atoms with Crippen LogP contribution in [0.2, 0.25) is 0 Å². The number of carbonyl (C=O) groups is 1. The van der Waals surface area contributed by atoms with Crippen LogP contribution in [-0.4, -0.2) is 18.8 Å². The van der Waals surface area contributed by atoms with Gasteiger partial charge in [0.05, 0.1) is 18.4 Å². The van der Waals surface area contributed by atoms with Crippen molar-refractivity contribution in [2.24, 2.45) is 5.16 Å². The van der Waals surface area contributed by atoms with Gasteiger partial charge in [-0.05, 0) is 13.0 Å². The van der Waals surface area contributed by atoms with Crippen LogP contribution in [0.5, 0.6) is 0 Å². The molecule has 0 fully saturated rings. The standard InChI is InChI=1S/C12H13NO3/c1-8-7-11(16-13-8)9-5-3-4-6-10(9)12(14)15-2/h3-6,11H,7H2,1-2H3. The smallest absolute Gasteiger partial charge is 0.338 e.